The molecule has 12 heteroatoms. The number of pyridine rings is 1. The third-order valence-corrected chi connectivity index (χ3v) is 13.9. The van der Waals surface area contributed by atoms with Crippen molar-refractivity contribution < 1.29 is 29.0 Å². The van der Waals surface area contributed by atoms with Gasteiger partial charge in [0.1, 0.15) is 0 Å². The van der Waals surface area contributed by atoms with E-state index >= 15 is 0 Å². The number of aromatic nitrogens is 1. The molecule has 0 bridgehead atoms. The van der Waals surface area contributed by atoms with Crippen LogP contribution in [-0.4, -0.2) is 65.4 Å². The summed E-state index contributed by atoms with van der Waals surface area (Å²) < 4.78 is 14.5. The van der Waals surface area contributed by atoms with Crippen molar-refractivity contribution in [1.82, 2.24) is 9.47 Å². The normalized spacial score (nSPS) is 24.2. The minimum atomic E-state index is -3.03. The molecular weight excluding hydrogens is 730 g/mol. The fourth-order valence-corrected chi connectivity index (χ4v) is 11.5. The Morgan fingerprint density at radius 3 is 2.53 bits per heavy atom. The Morgan fingerprint density at radius 2 is 1.80 bits per heavy atom. The third kappa shape index (κ3) is 6.06. The number of nitrogens with zero attached hydrogens (tertiary/aromatic N) is 3. The van der Waals surface area contributed by atoms with Gasteiger partial charge in [0.15, 0.2) is 19.7 Å². The highest BCUT2D eigenvalue weighted by molar-refractivity contribution is 9.10. The van der Waals surface area contributed by atoms with Crippen molar-refractivity contribution in [2.24, 2.45) is 5.92 Å². The van der Waals surface area contributed by atoms with Crippen LogP contribution in [0, 0.1) is 5.92 Å². The van der Waals surface area contributed by atoms with Crippen LogP contribution in [-0.2, 0) is 39.4 Å². The van der Waals surface area contributed by atoms with E-state index in [0.717, 1.165) is 21.2 Å². The third-order valence-electron chi connectivity index (χ3n) is 10.9. The molecule has 0 unspecified atom stereocenters. The molecule has 0 aliphatic carbocycles. The van der Waals surface area contributed by atoms with E-state index in [1.165, 1.54) is 11.7 Å². The number of methoxy groups -OCH3 is 1. The quantitative estimate of drug-likeness (QED) is 0.234. The maximum absolute atomic E-state index is 15.0. The lowest BCUT2D eigenvalue weighted by Gasteiger charge is -2.37. The molecule has 2 amide bonds. The Balaban J connectivity index is 1.23. The Morgan fingerprint density at radius 1 is 1.04 bits per heavy atom. The summed E-state index contributed by atoms with van der Waals surface area (Å²) in [5.74, 6) is -0.667. The molecule has 4 aromatic rings. The van der Waals surface area contributed by atoms with Crippen molar-refractivity contribution in [3.05, 3.63) is 122 Å². The van der Waals surface area contributed by atoms with E-state index < -0.39 is 31.5 Å². The van der Waals surface area contributed by atoms with Gasteiger partial charge in [-0.05, 0) is 78.7 Å². The first-order chi connectivity index (χ1) is 24.4. The maximum Gasteiger partial charge on any atom is 0.297 e. The van der Waals surface area contributed by atoms with Gasteiger partial charge in [0.25, 0.3) is 11.5 Å². The number of aliphatic hydroxyl groups is 1. The van der Waals surface area contributed by atoms with Crippen LogP contribution in [0.3, 0.4) is 0 Å². The summed E-state index contributed by atoms with van der Waals surface area (Å²) in [4.78, 5) is 57.3. The molecule has 51 heavy (non-hydrogen) atoms. The average molecular weight is 773 g/mol. The van der Waals surface area contributed by atoms with Gasteiger partial charge in [0, 0.05) is 39.9 Å². The second kappa shape index (κ2) is 13.5. The second-order valence-corrected chi connectivity index (χ2v) is 19.3. The molecule has 2 N–H and O–H groups in total. The first-order valence-corrected chi connectivity index (χ1v) is 21.0. The van der Waals surface area contributed by atoms with Gasteiger partial charge in [-0.2, -0.15) is 0 Å². The molecule has 0 saturated carbocycles. The van der Waals surface area contributed by atoms with Gasteiger partial charge < -0.3 is 29.2 Å². The van der Waals surface area contributed by atoms with Crippen molar-refractivity contribution in [2.45, 2.75) is 69.2 Å². The second-order valence-electron chi connectivity index (χ2n) is 14.4. The van der Waals surface area contributed by atoms with Crippen LogP contribution in [0.1, 0.15) is 35.6 Å². The number of rotatable bonds is 8. The largest absolute Gasteiger partial charge is 0.491 e. The topological polar surface area (TPSA) is 122 Å². The maximum atomic E-state index is 15.0. The van der Waals surface area contributed by atoms with E-state index in [-0.39, 0.29) is 48.7 Å². The smallest absolute Gasteiger partial charge is 0.297 e. The molecule has 5 atom stereocenters. The van der Waals surface area contributed by atoms with Crippen molar-refractivity contribution >= 4 is 41.7 Å². The fraction of sp³-hybridized carbons (Fsp3) is 0.359. The number of hydrogen-bond acceptors (Lipinski definition) is 7. The van der Waals surface area contributed by atoms with Crippen LogP contribution in [0.5, 0.6) is 5.75 Å². The lowest BCUT2D eigenvalue weighted by atomic mass is 9.82. The molecule has 10 nitrogen and oxygen atoms in total. The number of amides is 2. The van der Waals surface area contributed by atoms with E-state index in [1.807, 2.05) is 86.7 Å². The highest BCUT2D eigenvalue weighted by atomic mass is 79.9. The number of anilines is 1. The number of aliphatic hydroxyl groups excluding tert-OH is 1. The molecule has 266 valence electrons. The zero-order chi connectivity index (χ0) is 36.2. The number of benzene rings is 3. The monoisotopic (exact) mass is 771 g/mol. The Labute approximate surface area is 306 Å². The van der Waals surface area contributed by atoms with Crippen molar-refractivity contribution in [1.29, 1.82) is 0 Å². The predicted molar refractivity (Wildman–Crippen MR) is 199 cm³/mol. The lowest BCUT2D eigenvalue weighted by molar-refractivity contribution is -0.151. The summed E-state index contributed by atoms with van der Waals surface area (Å²) >= 11 is 3.61. The summed E-state index contributed by atoms with van der Waals surface area (Å²) in [5.41, 5.74) is 2.80. The van der Waals surface area contributed by atoms with E-state index in [4.69, 9.17) is 9.47 Å². The molecule has 0 radical (unpaired) electrons. The van der Waals surface area contributed by atoms with Crippen LogP contribution >= 0.6 is 15.9 Å². The Bertz CT molecular complexity index is 2060. The van der Waals surface area contributed by atoms with Gasteiger partial charge in [-0.3, -0.25) is 19.0 Å². The Hall–Kier alpha value is -4.07. The van der Waals surface area contributed by atoms with Crippen LogP contribution in [0.15, 0.2) is 94.3 Å². The lowest BCUT2D eigenvalue weighted by Crippen LogP contribution is -2.48. The molecule has 4 heterocycles. The fourth-order valence-electron chi connectivity index (χ4n) is 8.56. The predicted octanol–water partition coefficient (Wildman–Crippen LogP) is 5.29. The van der Waals surface area contributed by atoms with Gasteiger partial charge in [0.2, 0.25) is 5.91 Å². The number of ether oxygens (including phenoxy) is 2. The van der Waals surface area contributed by atoms with Crippen molar-refractivity contribution in [3.8, 4) is 11.4 Å². The van der Waals surface area contributed by atoms with E-state index in [9.17, 15) is 24.3 Å². The first-order valence-electron chi connectivity index (χ1n) is 17.2. The number of carbonyl (C=O) groups excluding carboxylic acids is 2. The SMILES string of the molecule is COc1cccn(-c2cccc(CN3C(=O)[C@@]4(O[C@@H](CC(=O)N5Cc6ccccc6C[C@H]5CO)[C@H]([Si](C)(C)O)[C@H]4C)c4cc(Br)ccc43)c2)c1=O. The average Bonchev–Trinajstić information content (AvgIpc) is 3.53. The first kappa shape index (κ1) is 35.3. The van der Waals surface area contributed by atoms with E-state index in [2.05, 4.69) is 15.9 Å². The van der Waals surface area contributed by atoms with Crippen molar-refractivity contribution in [2.75, 3.05) is 18.6 Å². The number of carbonyl (C=O) groups is 2. The molecule has 1 saturated heterocycles. The number of halogens is 1. The van der Waals surface area contributed by atoms with E-state index in [1.54, 1.807) is 28.1 Å². The molecule has 7 rings (SSSR count). The van der Waals surface area contributed by atoms with Crippen LogP contribution < -0.4 is 15.2 Å². The zero-order valence-electron chi connectivity index (χ0n) is 29.1. The summed E-state index contributed by atoms with van der Waals surface area (Å²) in [5, 5.41) is 10.3. The molecular formula is C39H42BrN3O7Si. The molecule has 1 spiro atoms. The molecule has 3 aromatic carbocycles. The molecule has 3 aliphatic rings. The summed E-state index contributed by atoms with van der Waals surface area (Å²) in [6, 6.07) is 24.1. The van der Waals surface area contributed by atoms with Gasteiger partial charge in [0.05, 0.1) is 44.5 Å². The van der Waals surface area contributed by atoms with Crippen molar-refractivity contribution in [3.63, 3.8) is 0 Å². The van der Waals surface area contributed by atoms with Crippen LogP contribution in [0.25, 0.3) is 5.69 Å². The molecule has 1 fully saturated rings. The molecule has 1 aromatic heterocycles. The van der Waals surface area contributed by atoms with Crippen LogP contribution in [0.2, 0.25) is 18.6 Å². The number of hydrogen-bond donors (Lipinski definition) is 2. The Kier molecular flexibility index (Phi) is 9.34. The minimum absolute atomic E-state index is 0.0274. The minimum Gasteiger partial charge on any atom is -0.491 e. The zero-order valence-corrected chi connectivity index (χ0v) is 31.7. The summed E-state index contributed by atoms with van der Waals surface area (Å²) in [7, 11) is -1.58. The van der Waals surface area contributed by atoms with E-state index in [0.29, 0.717) is 29.9 Å². The van der Waals surface area contributed by atoms with Gasteiger partial charge in [-0.25, -0.2) is 0 Å². The van der Waals surface area contributed by atoms with Gasteiger partial charge in [-0.1, -0.05) is 59.3 Å². The summed E-state index contributed by atoms with van der Waals surface area (Å²) in [6.07, 6.45) is 1.47. The number of fused-ring (bicyclic) bond motifs is 3. The highest BCUT2D eigenvalue weighted by Crippen LogP contribution is 2.60. The standard InChI is InChI=1S/C39H42BrN3O7Si/c1-24-36(51(3,4)48)34(20-35(45)42-22-27-11-6-5-10-26(27)18-30(42)23-44)50-39(24)31-19-28(40)14-15-32(31)43(38(39)47)21-25-9-7-12-29(17-25)41-16-8-13-33(49-2)37(41)46/h5-17,19,24,30,34,36,44,48H,18,20-23H2,1-4H3/t24-,30+,34+,36-,39+/m1/s1. The van der Waals surface area contributed by atoms with Gasteiger partial charge >= 0.3 is 0 Å². The summed E-state index contributed by atoms with van der Waals surface area (Å²) in [6.45, 7) is 6.05. The van der Waals surface area contributed by atoms with Gasteiger partial charge in [-0.15, -0.1) is 0 Å². The van der Waals surface area contributed by atoms with Crippen LogP contribution in [0.4, 0.5) is 5.69 Å². The highest BCUT2D eigenvalue weighted by Gasteiger charge is 2.66. The molecule has 3 aliphatic heterocycles.